The SMILES string of the molecule is c1ccc(-c2nnc(-c3cccc(-n4c5ccccc5c5cc(-c6cc7c(cc6-n6c8ccccc8c8ccccc86)oc6ccccc67)ccc54)c3)o2)cc1. The van der Waals surface area contributed by atoms with Crippen LogP contribution in [0.25, 0.3) is 111 Å². The zero-order valence-electron chi connectivity index (χ0n) is 29.9. The van der Waals surface area contributed by atoms with Crippen molar-refractivity contribution in [1.82, 2.24) is 19.3 Å². The molecule has 8 aromatic carbocycles. The van der Waals surface area contributed by atoms with Crippen LogP contribution in [0.5, 0.6) is 0 Å². The van der Waals surface area contributed by atoms with Crippen molar-refractivity contribution in [2.45, 2.75) is 0 Å². The highest BCUT2D eigenvalue weighted by Gasteiger charge is 2.21. The van der Waals surface area contributed by atoms with Crippen LogP contribution in [0.1, 0.15) is 0 Å². The van der Waals surface area contributed by atoms with Crippen molar-refractivity contribution < 1.29 is 8.83 Å². The molecule has 0 aliphatic carbocycles. The summed E-state index contributed by atoms with van der Waals surface area (Å²) in [6.45, 7) is 0. The van der Waals surface area contributed by atoms with Gasteiger partial charge in [0.1, 0.15) is 11.2 Å². The van der Waals surface area contributed by atoms with Gasteiger partial charge in [0.15, 0.2) is 0 Å². The van der Waals surface area contributed by atoms with Gasteiger partial charge in [-0.2, -0.15) is 0 Å². The number of rotatable bonds is 5. The van der Waals surface area contributed by atoms with Gasteiger partial charge in [0.25, 0.3) is 0 Å². The van der Waals surface area contributed by atoms with E-state index in [1.54, 1.807) is 0 Å². The molecule has 0 aliphatic rings. The van der Waals surface area contributed by atoms with Crippen molar-refractivity contribution in [1.29, 1.82) is 0 Å². The van der Waals surface area contributed by atoms with Gasteiger partial charge in [0, 0.05) is 60.8 Å². The van der Waals surface area contributed by atoms with Gasteiger partial charge in [-0.1, -0.05) is 103 Å². The van der Waals surface area contributed by atoms with Crippen molar-refractivity contribution >= 4 is 65.6 Å². The second-order valence-corrected chi connectivity index (χ2v) is 14.2. The molecule has 0 atom stereocenters. The van der Waals surface area contributed by atoms with Gasteiger partial charge < -0.3 is 18.0 Å². The van der Waals surface area contributed by atoms with E-state index in [0.717, 1.165) is 83.0 Å². The van der Waals surface area contributed by atoms with Gasteiger partial charge in [-0.25, -0.2) is 0 Å². The van der Waals surface area contributed by atoms with Gasteiger partial charge in [0.2, 0.25) is 11.8 Å². The minimum absolute atomic E-state index is 0.480. The number of furan rings is 1. The fourth-order valence-corrected chi connectivity index (χ4v) is 8.59. The van der Waals surface area contributed by atoms with Crippen molar-refractivity contribution in [3.05, 3.63) is 182 Å². The van der Waals surface area contributed by atoms with E-state index in [1.807, 2.05) is 48.5 Å². The van der Waals surface area contributed by atoms with Gasteiger partial charge in [0.05, 0.1) is 27.8 Å². The summed E-state index contributed by atoms with van der Waals surface area (Å²) in [5.41, 5.74) is 12.4. The Kier molecular flexibility index (Phi) is 6.53. The maximum absolute atomic E-state index is 6.52. The fraction of sp³-hybridized carbons (Fsp3) is 0. The number of para-hydroxylation sites is 4. The second kappa shape index (κ2) is 11.9. The van der Waals surface area contributed by atoms with Crippen LogP contribution < -0.4 is 0 Å². The zero-order valence-corrected chi connectivity index (χ0v) is 29.9. The molecule has 6 nitrogen and oxygen atoms in total. The third-order valence-corrected chi connectivity index (χ3v) is 11.1. The highest BCUT2D eigenvalue weighted by atomic mass is 16.4. The topological polar surface area (TPSA) is 61.9 Å². The number of nitrogens with zero attached hydrogens (tertiary/aromatic N) is 4. The van der Waals surface area contributed by atoms with Crippen molar-refractivity contribution in [3.63, 3.8) is 0 Å². The average molecular weight is 719 g/mol. The Hall–Kier alpha value is -7.70. The van der Waals surface area contributed by atoms with Gasteiger partial charge >= 0.3 is 0 Å². The number of aromatic nitrogens is 4. The van der Waals surface area contributed by atoms with Gasteiger partial charge in [-0.05, 0) is 78.4 Å². The summed E-state index contributed by atoms with van der Waals surface area (Å²) in [6, 6.07) is 63.8. The molecule has 6 heteroatoms. The van der Waals surface area contributed by atoms with Crippen LogP contribution in [0.3, 0.4) is 0 Å². The van der Waals surface area contributed by atoms with Crippen LogP contribution in [-0.4, -0.2) is 19.3 Å². The first-order valence-corrected chi connectivity index (χ1v) is 18.7. The van der Waals surface area contributed by atoms with E-state index in [9.17, 15) is 0 Å². The Bertz CT molecular complexity index is 3440. The van der Waals surface area contributed by atoms with E-state index < -0.39 is 0 Å². The van der Waals surface area contributed by atoms with Crippen LogP contribution in [0, 0.1) is 0 Å². The van der Waals surface area contributed by atoms with Crippen molar-refractivity contribution in [2.75, 3.05) is 0 Å². The maximum atomic E-state index is 6.52. The molecule has 0 saturated heterocycles. The van der Waals surface area contributed by atoms with Crippen molar-refractivity contribution in [3.8, 4) is 45.4 Å². The summed E-state index contributed by atoms with van der Waals surface area (Å²) in [4.78, 5) is 0. The van der Waals surface area contributed by atoms with E-state index in [0.29, 0.717) is 11.8 Å². The quantitative estimate of drug-likeness (QED) is 0.178. The van der Waals surface area contributed by atoms with Crippen LogP contribution >= 0.6 is 0 Å². The van der Waals surface area contributed by atoms with Gasteiger partial charge in [-0.3, -0.25) is 0 Å². The monoisotopic (exact) mass is 718 g/mol. The normalized spacial score (nSPS) is 11.9. The first-order chi connectivity index (χ1) is 27.8. The van der Waals surface area contributed by atoms with Crippen LogP contribution in [0.2, 0.25) is 0 Å². The fourth-order valence-electron chi connectivity index (χ4n) is 8.59. The number of hydrogen-bond donors (Lipinski definition) is 0. The molecule has 0 saturated carbocycles. The minimum Gasteiger partial charge on any atom is -0.456 e. The van der Waals surface area contributed by atoms with E-state index in [2.05, 4.69) is 153 Å². The molecule has 0 bridgehead atoms. The lowest BCUT2D eigenvalue weighted by molar-refractivity contribution is 0.584. The zero-order chi connectivity index (χ0) is 36.7. The molecule has 0 unspecified atom stereocenters. The average Bonchev–Trinajstić information content (AvgIpc) is 4.05. The van der Waals surface area contributed by atoms with E-state index in [1.165, 1.54) is 16.2 Å². The number of hydrogen-bond acceptors (Lipinski definition) is 4. The highest BCUT2D eigenvalue weighted by Crippen LogP contribution is 2.43. The summed E-state index contributed by atoms with van der Waals surface area (Å²) in [7, 11) is 0. The molecule has 0 radical (unpaired) electrons. The Labute approximate surface area is 320 Å². The standard InChI is InChI=1S/C50H30N4O2/c1-2-13-31(14-3-1)49-51-52-50(56-49)33-15-12-16-34(27-33)53-42-21-8-6-19-37(42)40-28-32(25-26-45(40)53)39-29-41-38-20-7-11-24-47(38)55-48(41)30-46(39)54-43-22-9-4-17-35(43)36-18-5-10-23-44(36)54/h1-30H. The first kappa shape index (κ1) is 30.7. The maximum Gasteiger partial charge on any atom is 0.248 e. The Balaban J connectivity index is 1.08. The van der Waals surface area contributed by atoms with E-state index >= 15 is 0 Å². The lowest BCUT2D eigenvalue weighted by Crippen LogP contribution is -1.98. The lowest BCUT2D eigenvalue weighted by atomic mass is 9.98. The predicted molar refractivity (Wildman–Crippen MR) is 227 cm³/mol. The Morgan fingerprint density at radius 1 is 0.339 bits per heavy atom. The predicted octanol–water partition coefficient (Wildman–Crippen LogP) is 13.2. The molecule has 0 fully saturated rings. The highest BCUT2D eigenvalue weighted by molar-refractivity contribution is 6.14. The summed E-state index contributed by atoms with van der Waals surface area (Å²) in [6.07, 6.45) is 0. The largest absolute Gasteiger partial charge is 0.456 e. The molecule has 0 aliphatic heterocycles. The third-order valence-electron chi connectivity index (χ3n) is 11.1. The van der Waals surface area contributed by atoms with Crippen LogP contribution in [0.4, 0.5) is 0 Å². The summed E-state index contributed by atoms with van der Waals surface area (Å²) in [5, 5.41) is 15.8. The summed E-state index contributed by atoms with van der Waals surface area (Å²) in [5.74, 6) is 0.978. The molecule has 4 heterocycles. The van der Waals surface area contributed by atoms with Crippen LogP contribution in [0.15, 0.2) is 191 Å². The molecular formula is C50H30N4O2. The molecule has 262 valence electrons. The number of benzene rings is 8. The molecule has 12 aromatic rings. The molecule has 12 rings (SSSR count). The number of fused-ring (bicyclic) bond motifs is 9. The van der Waals surface area contributed by atoms with E-state index in [4.69, 9.17) is 8.83 Å². The second-order valence-electron chi connectivity index (χ2n) is 14.2. The summed E-state index contributed by atoms with van der Waals surface area (Å²) >= 11 is 0. The Morgan fingerprint density at radius 2 is 0.929 bits per heavy atom. The van der Waals surface area contributed by atoms with Gasteiger partial charge in [-0.15, -0.1) is 10.2 Å². The third kappa shape index (κ3) is 4.56. The smallest absolute Gasteiger partial charge is 0.248 e. The molecule has 0 spiro atoms. The Morgan fingerprint density at radius 3 is 1.68 bits per heavy atom. The van der Waals surface area contributed by atoms with Crippen LogP contribution in [-0.2, 0) is 0 Å². The van der Waals surface area contributed by atoms with Crippen molar-refractivity contribution in [2.24, 2.45) is 0 Å². The molecular weight excluding hydrogens is 689 g/mol. The molecule has 56 heavy (non-hydrogen) atoms. The summed E-state index contributed by atoms with van der Waals surface area (Å²) < 4.78 is 17.4. The molecule has 0 amide bonds. The lowest BCUT2D eigenvalue weighted by Gasteiger charge is -2.15. The first-order valence-electron chi connectivity index (χ1n) is 18.7. The molecule has 4 aromatic heterocycles. The molecule has 0 N–H and O–H groups in total. The van der Waals surface area contributed by atoms with E-state index in [-0.39, 0.29) is 0 Å². The minimum atomic E-state index is 0.480.